The molecule has 0 aliphatic heterocycles. The third-order valence-corrected chi connectivity index (χ3v) is 4.80. The molecule has 0 spiro atoms. The van der Waals surface area contributed by atoms with Crippen molar-refractivity contribution in [1.82, 2.24) is 0 Å². The summed E-state index contributed by atoms with van der Waals surface area (Å²) in [5.41, 5.74) is 0.189. The molecule has 1 saturated carbocycles. The minimum Gasteiger partial charge on any atom is -0.493 e. The molecule has 19 heavy (non-hydrogen) atoms. The van der Waals surface area contributed by atoms with Gasteiger partial charge in [0.2, 0.25) is 0 Å². The van der Waals surface area contributed by atoms with Gasteiger partial charge in [-0.05, 0) is 31.4 Å². The summed E-state index contributed by atoms with van der Waals surface area (Å²) in [4.78, 5) is 11.8. The Labute approximate surface area is 119 Å². The number of carboxylic acid groups (broad SMARTS) is 1. The van der Waals surface area contributed by atoms with Crippen molar-refractivity contribution in [1.29, 1.82) is 0 Å². The molecule has 0 amide bonds. The quantitative estimate of drug-likeness (QED) is 0.916. The highest BCUT2D eigenvalue weighted by atomic mass is 79.9. The number of carboxylic acids is 1. The first-order valence-electron chi connectivity index (χ1n) is 6.20. The van der Waals surface area contributed by atoms with Crippen molar-refractivity contribution in [3.63, 3.8) is 0 Å². The lowest BCUT2D eigenvalue weighted by molar-refractivity contribution is -0.143. The smallest absolute Gasteiger partial charge is 0.314 e. The third kappa shape index (κ3) is 2.14. The van der Waals surface area contributed by atoms with Crippen molar-refractivity contribution in [3.8, 4) is 5.75 Å². The SMILES string of the molecule is COc1c(F)cc(Br)c(C)c1C1(C(=O)O)CCCC1. The van der Waals surface area contributed by atoms with Gasteiger partial charge in [-0.2, -0.15) is 0 Å². The Morgan fingerprint density at radius 2 is 2.05 bits per heavy atom. The first-order chi connectivity index (χ1) is 8.94. The number of methoxy groups -OCH3 is 1. The van der Waals surface area contributed by atoms with E-state index >= 15 is 0 Å². The van der Waals surface area contributed by atoms with E-state index in [4.69, 9.17) is 4.74 Å². The average Bonchev–Trinajstić information content (AvgIpc) is 2.83. The molecular weight excluding hydrogens is 315 g/mol. The van der Waals surface area contributed by atoms with Crippen LogP contribution < -0.4 is 4.74 Å². The van der Waals surface area contributed by atoms with E-state index in [0.29, 0.717) is 22.9 Å². The fourth-order valence-electron chi connectivity index (χ4n) is 3.02. The first-order valence-corrected chi connectivity index (χ1v) is 7.00. The molecule has 1 aliphatic rings. The molecule has 0 aromatic heterocycles. The minimum absolute atomic E-state index is 0.0602. The van der Waals surface area contributed by atoms with Crippen molar-refractivity contribution in [2.75, 3.05) is 7.11 Å². The Kier molecular flexibility index (Phi) is 3.85. The predicted octanol–water partition coefficient (Wildman–Crippen LogP) is 3.80. The van der Waals surface area contributed by atoms with Crippen LogP contribution in [0.3, 0.4) is 0 Å². The number of hydrogen-bond donors (Lipinski definition) is 1. The minimum atomic E-state index is -1.03. The number of rotatable bonds is 3. The van der Waals surface area contributed by atoms with E-state index in [1.54, 1.807) is 6.92 Å². The van der Waals surface area contributed by atoms with E-state index in [9.17, 15) is 14.3 Å². The van der Waals surface area contributed by atoms with Gasteiger partial charge in [0.25, 0.3) is 0 Å². The highest BCUT2D eigenvalue weighted by Gasteiger charge is 2.46. The van der Waals surface area contributed by atoms with Gasteiger partial charge < -0.3 is 9.84 Å². The molecule has 0 bridgehead atoms. The Hall–Kier alpha value is -1.10. The molecule has 0 heterocycles. The number of hydrogen-bond acceptors (Lipinski definition) is 2. The maximum atomic E-state index is 14.0. The third-order valence-electron chi connectivity index (χ3n) is 3.98. The summed E-state index contributed by atoms with van der Waals surface area (Å²) in [6.45, 7) is 1.80. The maximum Gasteiger partial charge on any atom is 0.314 e. The summed E-state index contributed by atoms with van der Waals surface area (Å²) in [6, 6.07) is 1.32. The lowest BCUT2D eigenvalue weighted by Crippen LogP contribution is -2.34. The van der Waals surface area contributed by atoms with Crippen molar-refractivity contribution < 1.29 is 19.0 Å². The molecule has 1 fully saturated rings. The average molecular weight is 331 g/mol. The zero-order valence-corrected chi connectivity index (χ0v) is 12.5. The Balaban J connectivity index is 2.76. The van der Waals surface area contributed by atoms with Crippen LogP contribution in [-0.2, 0) is 10.2 Å². The highest BCUT2D eigenvalue weighted by molar-refractivity contribution is 9.10. The second kappa shape index (κ2) is 5.12. The molecule has 1 aliphatic carbocycles. The molecule has 5 heteroatoms. The zero-order valence-electron chi connectivity index (χ0n) is 10.9. The largest absolute Gasteiger partial charge is 0.493 e. The molecule has 0 radical (unpaired) electrons. The van der Waals surface area contributed by atoms with Crippen LogP contribution in [0.25, 0.3) is 0 Å². The standard InChI is InChI=1S/C14H16BrFO3/c1-8-9(15)7-10(16)12(19-2)11(8)14(13(17)18)5-3-4-6-14/h7H,3-6H2,1-2H3,(H,17,18). The van der Waals surface area contributed by atoms with Gasteiger partial charge in [-0.1, -0.05) is 28.8 Å². The number of halogens is 2. The normalized spacial score (nSPS) is 17.5. The number of ether oxygens (including phenoxy) is 1. The van der Waals surface area contributed by atoms with Crippen LogP contribution in [0.1, 0.15) is 36.8 Å². The van der Waals surface area contributed by atoms with E-state index in [1.807, 2.05) is 0 Å². The van der Waals surface area contributed by atoms with E-state index in [1.165, 1.54) is 13.2 Å². The molecule has 104 valence electrons. The monoisotopic (exact) mass is 330 g/mol. The molecule has 2 rings (SSSR count). The molecule has 1 aromatic rings. The molecule has 1 aromatic carbocycles. The van der Waals surface area contributed by atoms with E-state index in [2.05, 4.69) is 15.9 Å². The van der Waals surface area contributed by atoms with Crippen molar-refractivity contribution in [2.45, 2.75) is 38.0 Å². The summed E-state index contributed by atoms with van der Waals surface area (Å²) in [6.07, 6.45) is 2.72. The van der Waals surface area contributed by atoms with Crippen molar-refractivity contribution >= 4 is 21.9 Å². The van der Waals surface area contributed by atoms with Crippen LogP contribution in [0.5, 0.6) is 5.75 Å². The molecule has 0 unspecified atom stereocenters. The molecule has 0 saturated heterocycles. The number of benzene rings is 1. The zero-order chi connectivity index (χ0) is 14.2. The summed E-state index contributed by atoms with van der Waals surface area (Å²) in [7, 11) is 1.37. The van der Waals surface area contributed by atoms with Gasteiger partial charge in [-0.15, -0.1) is 0 Å². The number of carbonyl (C=O) groups is 1. The van der Waals surface area contributed by atoms with Gasteiger partial charge >= 0.3 is 5.97 Å². The Bertz CT molecular complexity index is 522. The van der Waals surface area contributed by atoms with E-state index in [0.717, 1.165) is 18.4 Å². The van der Waals surface area contributed by atoms with Crippen LogP contribution in [0.4, 0.5) is 4.39 Å². The highest BCUT2D eigenvalue weighted by Crippen LogP contribution is 2.48. The topological polar surface area (TPSA) is 46.5 Å². The fourth-order valence-corrected chi connectivity index (χ4v) is 3.42. The van der Waals surface area contributed by atoms with Gasteiger partial charge in [0.05, 0.1) is 12.5 Å². The van der Waals surface area contributed by atoms with Crippen LogP contribution in [-0.4, -0.2) is 18.2 Å². The molecular formula is C14H16BrFO3. The lowest BCUT2D eigenvalue weighted by atomic mass is 9.76. The molecule has 1 N–H and O–H groups in total. The lowest BCUT2D eigenvalue weighted by Gasteiger charge is -2.29. The van der Waals surface area contributed by atoms with Crippen molar-refractivity contribution in [2.24, 2.45) is 0 Å². The first kappa shape index (κ1) is 14.3. The Morgan fingerprint density at radius 1 is 1.47 bits per heavy atom. The van der Waals surface area contributed by atoms with Crippen LogP contribution in [0.2, 0.25) is 0 Å². The summed E-state index contributed by atoms with van der Waals surface area (Å²) in [5, 5.41) is 9.65. The van der Waals surface area contributed by atoms with Crippen LogP contribution >= 0.6 is 15.9 Å². The number of aliphatic carboxylic acids is 1. The summed E-state index contributed by atoms with van der Waals surface area (Å²) >= 11 is 3.29. The predicted molar refractivity (Wildman–Crippen MR) is 73.2 cm³/mol. The summed E-state index contributed by atoms with van der Waals surface area (Å²) < 4.78 is 19.7. The van der Waals surface area contributed by atoms with E-state index in [-0.39, 0.29) is 5.75 Å². The molecule has 3 nitrogen and oxygen atoms in total. The maximum absolute atomic E-state index is 14.0. The second-order valence-corrected chi connectivity index (χ2v) is 5.82. The van der Waals surface area contributed by atoms with Gasteiger partial charge in [-0.3, -0.25) is 4.79 Å². The van der Waals surface area contributed by atoms with Gasteiger partial charge in [0, 0.05) is 10.0 Å². The fraction of sp³-hybridized carbons (Fsp3) is 0.500. The Morgan fingerprint density at radius 3 is 2.53 bits per heavy atom. The second-order valence-electron chi connectivity index (χ2n) is 4.97. The van der Waals surface area contributed by atoms with Gasteiger partial charge in [-0.25, -0.2) is 4.39 Å². The van der Waals surface area contributed by atoms with E-state index < -0.39 is 17.2 Å². The summed E-state index contributed by atoms with van der Waals surface area (Å²) in [5.74, 6) is -1.36. The van der Waals surface area contributed by atoms with Crippen LogP contribution in [0, 0.1) is 12.7 Å². The van der Waals surface area contributed by atoms with Gasteiger partial charge in [0.1, 0.15) is 0 Å². The van der Waals surface area contributed by atoms with Crippen molar-refractivity contribution in [3.05, 3.63) is 27.5 Å². The van der Waals surface area contributed by atoms with Crippen LogP contribution in [0.15, 0.2) is 10.5 Å². The van der Waals surface area contributed by atoms with Gasteiger partial charge in [0.15, 0.2) is 11.6 Å². The molecule has 0 atom stereocenters.